The second kappa shape index (κ2) is 8.05. The van der Waals surface area contributed by atoms with E-state index in [1.807, 2.05) is 0 Å². The fraction of sp³-hybridized carbons (Fsp3) is 0.562. The number of halogens is 3. The minimum absolute atomic E-state index is 0.0511. The average Bonchev–Trinajstić information content (AvgIpc) is 2.46. The summed E-state index contributed by atoms with van der Waals surface area (Å²) in [5.41, 5.74) is -0.747. The van der Waals surface area contributed by atoms with Crippen LogP contribution in [0.15, 0.2) is 24.3 Å². The Morgan fingerprint density at radius 3 is 2.57 bits per heavy atom. The van der Waals surface area contributed by atoms with Gasteiger partial charge in [0.05, 0.1) is 5.56 Å². The third-order valence-electron chi connectivity index (χ3n) is 3.55. The molecule has 0 fully saturated rings. The van der Waals surface area contributed by atoms with Gasteiger partial charge in [-0.25, -0.2) is 0 Å². The van der Waals surface area contributed by atoms with Crippen LogP contribution in [-0.2, 0) is 6.18 Å². The van der Waals surface area contributed by atoms with Crippen LogP contribution in [0.1, 0.15) is 55.5 Å². The number of unbranched alkanes of at least 4 members (excludes halogenated alkanes) is 1. The first-order chi connectivity index (χ1) is 9.88. The molecular weight excluding hydrogens is 279 g/mol. The fourth-order valence-corrected chi connectivity index (χ4v) is 2.12. The molecule has 0 aromatic heterocycles. The van der Waals surface area contributed by atoms with E-state index in [0.717, 1.165) is 37.8 Å². The summed E-state index contributed by atoms with van der Waals surface area (Å²) in [4.78, 5) is 11.9. The number of hydrogen-bond acceptors (Lipinski definition) is 1. The van der Waals surface area contributed by atoms with Crippen molar-refractivity contribution in [2.45, 2.75) is 45.7 Å². The summed E-state index contributed by atoms with van der Waals surface area (Å²) < 4.78 is 37.8. The molecule has 0 bridgehead atoms. The summed E-state index contributed by atoms with van der Waals surface area (Å²) in [5.74, 6) is -0.0734. The Balaban J connectivity index is 2.63. The van der Waals surface area contributed by atoms with Crippen molar-refractivity contribution in [2.75, 3.05) is 6.54 Å². The fourth-order valence-electron chi connectivity index (χ4n) is 2.12. The van der Waals surface area contributed by atoms with Crippen LogP contribution in [0.25, 0.3) is 0 Å². The number of nitrogens with one attached hydrogen (secondary N) is 1. The number of alkyl halides is 3. The zero-order valence-electron chi connectivity index (χ0n) is 12.5. The summed E-state index contributed by atoms with van der Waals surface area (Å²) in [5, 5.41) is 2.73. The van der Waals surface area contributed by atoms with E-state index in [1.54, 1.807) is 0 Å². The summed E-state index contributed by atoms with van der Waals surface area (Å²) in [6.07, 6.45) is -0.266. The summed E-state index contributed by atoms with van der Waals surface area (Å²) >= 11 is 0. The van der Waals surface area contributed by atoms with E-state index in [2.05, 4.69) is 19.2 Å². The molecule has 2 nitrogen and oxygen atoms in total. The molecule has 21 heavy (non-hydrogen) atoms. The molecule has 1 amide bonds. The molecule has 1 unspecified atom stereocenters. The summed E-state index contributed by atoms with van der Waals surface area (Å²) in [6, 6.07) is 4.51. The Labute approximate surface area is 123 Å². The van der Waals surface area contributed by atoms with Crippen molar-refractivity contribution in [3.05, 3.63) is 35.4 Å². The molecule has 0 aliphatic carbocycles. The molecule has 1 atom stereocenters. The summed E-state index contributed by atoms with van der Waals surface area (Å²) in [6.45, 7) is 4.66. The highest BCUT2D eigenvalue weighted by Gasteiger charge is 2.30. The van der Waals surface area contributed by atoms with E-state index >= 15 is 0 Å². The van der Waals surface area contributed by atoms with E-state index < -0.39 is 17.6 Å². The monoisotopic (exact) mass is 301 g/mol. The lowest BCUT2D eigenvalue weighted by Gasteiger charge is -2.15. The predicted octanol–water partition coefficient (Wildman–Crippen LogP) is 4.65. The van der Waals surface area contributed by atoms with Gasteiger partial charge in [-0.15, -0.1) is 0 Å². The molecule has 0 radical (unpaired) electrons. The van der Waals surface area contributed by atoms with Crippen LogP contribution in [0.2, 0.25) is 0 Å². The van der Waals surface area contributed by atoms with E-state index in [4.69, 9.17) is 0 Å². The smallest absolute Gasteiger partial charge is 0.352 e. The molecule has 0 saturated carbocycles. The van der Waals surface area contributed by atoms with E-state index in [1.165, 1.54) is 12.1 Å². The molecule has 5 heteroatoms. The van der Waals surface area contributed by atoms with Crippen molar-refractivity contribution in [1.82, 2.24) is 5.32 Å². The number of benzene rings is 1. The molecule has 0 heterocycles. The highest BCUT2D eigenvalue weighted by molar-refractivity contribution is 5.94. The molecule has 0 aliphatic rings. The molecule has 1 aromatic rings. The number of carbonyl (C=O) groups is 1. The van der Waals surface area contributed by atoms with Crippen LogP contribution < -0.4 is 5.32 Å². The number of carbonyl (C=O) groups excluding carboxylic acids is 1. The molecular formula is C16H22F3NO. The molecule has 0 saturated heterocycles. The maximum atomic E-state index is 12.6. The van der Waals surface area contributed by atoms with Gasteiger partial charge in [-0.1, -0.05) is 39.2 Å². The molecule has 1 N–H and O–H groups in total. The second-order valence-electron chi connectivity index (χ2n) is 5.21. The molecule has 118 valence electrons. The lowest BCUT2D eigenvalue weighted by Crippen LogP contribution is -2.29. The minimum Gasteiger partial charge on any atom is -0.352 e. The Bertz CT molecular complexity index is 457. The standard InChI is InChI=1S/C16H22F3NO/c1-3-5-7-12(4-2)11-20-15(21)13-8-6-9-14(10-13)16(17,18)19/h6,8-10,12H,3-5,7,11H2,1-2H3,(H,20,21). The van der Waals surface area contributed by atoms with Crippen molar-refractivity contribution in [1.29, 1.82) is 0 Å². The Morgan fingerprint density at radius 2 is 2.00 bits per heavy atom. The zero-order chi connectivity index (χ0) is 15.9. The third kappa shape index (κ3) is 5.78. The Morgan fingerprint density at radius 1 is 1.29 bits per heavy atom. The van der Waals surface area contributed by atoms with Gasteiger partial charge in [-0.05, 0) is 30.5 Å². The third-order valence-corrected chi connectivity index (χ3v) is 3.55. The van der Waals surface area contributed by atoms with Gasteiger partial charge in [0.25, 0.3) is 5.91 Å². The predicted molar refractivity (Wildman–Crippen MR) is 77.1 cm³/mol. The summed E-state index contributed by atoms with van der Waals surface area (Å²) in [7, 11) is 0. The van der Waals surface area contributed by atoms with Crippen LogP contribution >= 0.6 is 0 Å². The van der Waals surface area contributed by atoms with Gasteiger partial charge in [0.1, 0.15) is 0 Å². The lowest BCUT2D eigenvalue weighted by atomic mass is 9.99. The zero-order valence-corrected chi connectivity index (χ0v) is 12.5. The Hall–Kier alpha value is -1.52. The van der Waals surface area contributed by atoms with Gasteiger partial charge < -0.3 is 5.32 Å². The Kier molecular flexibility index (Phi) is 6.72. The maximum Gasteiger partial charge on any atom is 0.416 e. The van der Waals surface area contributed by atoms with Gasteiger partial charge in [-0.2, -0.15) is 13.2 Å². The van der Waals surface area contributed by atoms with E-state index in [-0.39, 0.29) is 5.56 Å². The first-order valence-corrected chi connectivity index (χ1v) is 7.33. The van der Waals surface area contributed by atoms with Crippen molar-refractivity contribution in [3.8, 4) is 0 Å². The van der Waals surface area contributed by atoms with Crippen LogP contribution in [0.3, 0.4) is 0 Å². The SMILES string of the molecule is CCCCC(CC)CNC(=O)c1cccc(C(F)(F)F)c1. The topological polar surface area (TPSA) is 29.1 Å². The highest BCUT2D eigenvalue weighted by Crippen LogP contribution is 2.29. The van der Waals surface area contributed by atoms with Crippen LogP contribution in [-0.4, -0.2) is 12.5 Å². The lowest BCUT2D eigenvalue weighted by molar-refractivity contribution is -0.137. The van der Waals surface area contributed by atoms with Crippen molar-refractivity contribution >= 4 is 5.91 Å². The van der Waals surface area contributed by atoms with Crippen LogP contribution in [0.5, 0.6) is 0 Å². The van der Waals surface area contributed by atoms with Crippen molar-refractivity contribution in [3.63, 3.8) is 0 Å². The van der Waals surface area contributed by atoms with Crippen molar-refractivity contribution in [2.24, 2.45) is 5.92 Å². The van der Waals surface area contributed by atoms with Gasteiger partial charge >= 0.3 is 6.18 Å². The quantitative estimate of drug-likeness (QED) is 0.780. The minimum atomic E-state index is -4.43. The van der Waals surface area contributed by atoms with Gasteiger partial charge in [0.2, 0.25) is 0 Å². The number of rotatable bonds is 7. The average molecular weight is 301 g/mol. The molecule has 0 spiro atoms. The molecule has 0 aliphatic heterocycles. The van der Waals surface area contributed by atoms with Gasteiger partial charge in [0, 0.05) is 12.1 Å². The second-order valence-corrected chi connectivity index (χ2v) is 5.21. The number of hydrogen-bond donors (Lipinski definition) is 1. The highest BCUT2D eigenvalue weighted by atomic mass is 19.4. The number of amides is 1. The van der Waals surface area contributed by atoms with Crippen LogP contribution in [0, 0.1) is 5.92 Å². The first-order valence-electron chi connectivity index (χ1n) is 7.33. The molecule has 1 rings (SSSR count). The van der Waals surface area contributed by atoms with Gasteiger partial charge in [-0.3, -0.25) is 4.79 Å². The van der Waals surface area contributed by atoms with Crippen molar-refractivity contribution < 1.29 is 18.0 Å². The normalized spacial score (nSPS) is 13.0. The largest absolute Gasteiger partial charge is 0.416 e. The maximum absolute atomic E-state index is 12.6. The first kappa shape index (κ1) is 17.5. The van der Waals surface area contributed by atoms with Gasteiger partial charge in [0.15, 0.2) is 0 Å². The van der Waals surface area contributed by atoms with E-state index in [9.17, 15) is 18.0 Å². The molecule has 1 aromatic carbocycles. The van der Waals surface area contributed by atoms with Crippen LogP contribution in [0.4, 0.5) is 13.2 Å². The van der Waals surface area contributed by atoms with E-state index in [0.29, 0.717) is 12.5 Å².